The third kappa shape index (κ3) is 4.51. The topological polar surface area (TPSA) is 76.6 Å². The number of anilines is 1. The average molecular weight is 373 g/mol. The van der Waals surface area contributed by atoms with Crippen LogP contribution in [0.4, 0.5) is 5.00 Å². The van der Waals surface area contributed by atoms with Gasteiger partial charge in [0.2, 0.25) is 0 Å². The van der Waals surface area contributed by atoms with Gasteiger partial charge in [0.25, 0.3) is 11.8 Å². The maximum absolute atomic E-state index is 12.6. The molecule has 0 bridgehead atoms. The molecule has 0 unspecified atom stereocenters. The van der Waals surface area contributed by atoms with E-state index in [-0.39, 0.29) is 11.9 Å². The summed E-state index contributed by atoms with van der Waals surface area (Å²) in [5.74, 6) is 0.130. The van der Waals surface area contributed by atoms with Crippen molar-refractivity contribution in [3.63, 3.8) is 0 Å². The second-order valence-corrected chi connectivity index (χ2v) is 7.95. The first-order chi connectivity index (χ1) is 12.5. The fourth-order valence-corrected chi connectivity index (χ4v) is 4.43. The number of rotatable bonds is 6. The highest BCUT2D eigenvalue weighted by Crippen LogP contribution is 2.22. The first-order valence-electron chi connectivity index (χ1n) is 9.11. The zero-order chi connectivity index (χ0) is 18.5. The van der Waals surface area contributed by atoms with Crippen molar-refractivity contribution in [2.75, 3.05) is 18.4 Å². The van der Waals surface area contributed by atoms with Crippen LogP contribution < -0.4 is 16.0 Å². The molecule has 5 nitrogen and oxygen atoms in total. The number of piperidine rings is 1. The lowest BCUT2D eigenvalue weighted by Gasteiger charge is -2.32. The molecule has 138 valence electrons. The van der Waals surface area contributed by atoms with Crippen molar-refractivity contribution < 1.29 is 14.5 Å². The first kappa shape index (κ1) is 18.6. The Kier molecular flexibility index (Phi) is 6.06. The van der Waals surface area contributed by atoms with E-state index in [2.05, 4.69) is 29.6 Å². The molecule has 3 rings (SSSR count). The van der Waals surface area contributed by atoms with E-state index >= 15 is 0 Å². The predicted molar refractivity (Wildman–Crippen MR) is 104 cm³/mol. The molecule has 26 heavy (non-hydrogen) atoms. The summed E-state index contributed by atoms with van der Waals surface area (Å²) in [6.07, 6.45) is 3.38. The Morgan fingerprint density at radius 1 is 1.23 bits per heavy atom. The van der Waals surface area contributed by atoms with Gasteiger partial charge in [0.15, 0.2) is 6.04 Å². The number of benzene rings is 1. The molecule has 1 aliphatic rings. The van der Waals surface area contributed by atoms with Crippen molar-refractivity contribution in [2.45, 2.75) is 32.2 Å². The molecular weight excluding hydrogens is 346 g/mol. The van der Waals surface area contributed by atoms with Crippen molar-refractivity contribution in [1.29, 1.82) is 0 Å². The molecule has 1 aromatic heterocycles. The number of amides is 2. The third-order valence-corrected chi connectivity index (χ3v) is 6.12. The van der Waals surface area contributed by atoms with E-state index < -0.39 is 5.91 Å². The first-order valence-corrected chi connectivity index (χ1v) is 9.99. The minimum atomic E-state index is -0.511. The van der Waals surface area contributed by atoms with Gasteiger partial charge >= 0.3 is 0 Å². The Balaban J connectivity index is 1.51. The molecule has 4 N–H and O–H groups in total. The normalized spacial score (nSPS) is 21.1. The molecule has 2 heterocycles. The molecule has 2 aromatic rings. The van der Waals surface area contributed by atoms with Crippen LogP contribution in [0.25, 0.3) is 0 Å². The van der Waals surface area contributed by atoms with Gasteiger partial charge in [-0.15, -0.1) is 11.3 Å². The maximum atomic E-state index is 12.6. The van der Waals surface area contributed by atoms with Crippen molar-refractivity contribution in [2.24, 2.45) is 11.7 Å². The Morgan fingerprint density at radius 2 is 1.92 bits per heavy atom. The molecule has 0 aliphatic carbocycles. The summed E-state index contributed by atoms with van der Waals surface area (Å²) in [5, 5.41) is 5.19. The average Bonchev–Trinajstić information content (AvgIpc) is 3.11. The lowest BCUT2D eigenvalue weighted by atomic mass is 9.89. The van der Waals surface area contributed by atoms with Crippen molar-refractivity contribution in [3.8, 4) is 0 Å². The van der Waals surface area contributed by atoms with Crippen LogP contribution in [0.3, 0.4) is 0 Å². The number of likely N-dealkylation sites (tertiary alicyclic amines) is 1. The van der Waals surface area contributed by atoms with Crippen LogP contribution in [0.15, 0.2) is 41.8 Å². The monoisotopic (exact) mass is 372 g/mol. The summed E-state index contributed by atoms with van der Waals surface area (Å²) in [7, 11) is 0. The van der Waals surface area contributed by atoms with Crippen molar-refractivity contribution >= 4 is 28.2 Å². The molecule has 0 radical (unpaired) electrons. The fourth-order valence-electron chi connectivity index (χ4n) is 3.64. The quantitative estimate of drug-likeness (QED) is 0.722. The smallest absolute Gasteiger partial charge is 0.282 e. The van der Waals surface area contributed by atoms with Crippen LogP contribution >= 0.6 is 11.3 Å². The van der Waals surface area contributed by atoms with Gasteiger partial charge in [0, 0.05) is 0 Å². The summed E-state index contributed by atoms with van der Waals surface area (Å²) in [5.41, 5.74) is 7.12. The second-order valence-electron chi connectivity index (χ2n) is 7.03. The molecular formula is C20H26N3O2S+. The number of thiophene rings is 1. The van der Waals surface area contributed by atoms with Crippen LogP contribution in [0.1, 0.15) is 35.7 Å². The lowest BCUT2D eigenvalue weighted by molar-refractivity contribution is -0.919. The van der Waals surface area contributed by atoms with Gasteiger partial charge in [-0.1, -0.05) is 30.3 Å². The molecule has 0 saturated carbocycles. The molecule has 1 saturated heterocycles. The molecule has 1 aliphatic heterocycles. The number of carbonyl (C=O) groups excluding carboxylic acids is 2. The minimum Gasteiger partial charge on any atom is -0.366 e. The van der Waals surface area contributed by atoms with Gasteiger partial charge in [-0.25, -0.2) is 0 Å². The maximum Gasteiger partial charge on any atom is 0.282 e. The number of quaternary nitrogens is 1. The minimum absolute atomic E-state index is 0.0496. The lowest BCUT2D eigenvalue weighted by Crippen LogP contribution is -3.17. The molecule has 0 spiro atoms. The summed E-state index contributed by atoms with van der Waals surface area (Å²) >= 11 is 1.33. The highest BCUT2D eigenvalue weighted by atomic mass is 32.1. The van der Waals surface area contributed by atoms with Crippen LogP contribution in [-0.2, 0) is 11.2 Å². The van der Waals surface area contributed by atoms with Crippen LogP contribution in [0.2, 0.25) is 0 Å². The van der Waals surface area contributed by atoms with E-state index in [0.29, 0.717) is 16.5 Å². The summed E-state index contributed by atoms with van der Waals surface area (Å²) < 4.78 is 0. The van der Waals surface area contributed by atoms with E-state index in [4.69, 9.17) is 5.73 Å². The van der Waals surface area contributed by atoms with E-state index in [1.165, 1.54) is 21.8 Å². The van der Waals surface area contributed by atoms with Crippen LogP contribution in [-0.4, -0.2) is 30.9 Å². The molecule has 1 fully saturated rings. The number of carbonyl (C=O) groups is 2. The summed E-state index contributed by atoms with van der Waals surface area (Å²) in [6, 6.07) is 12.1. The molecule has 1 aromatic carbocycles. The second kappa shape index (κ2) is 8.47. The van der Waals surface area contributed by atoms with Gasteiger partial charge < -0.3 is 16.0 Å². The van der Waals surface area contributed by atoms with Gasteiger partial charge in [-0.05, 0) is 49.1 Å². The fraction of sp³-hybridized carbons (Fsp3) is 0.400. The van der Waals surface area contributed by atoms with E-state index in [9.17, 15) is 9.59 Å². The van der Waals surface area contributed by atoms with Crippen molar-refractivity contribution in [3.05, 3.63) is 52.9 Å². The zero-order valence-corrected chi connectivity index (χ0v) is 15.9. The zero-order valence-electron chi connectivity index (χ0n) is 15.0. The molecule has 2 amide bonds. The molecule has 1 atom stereocenters. The van der Waals surface area contributed by atoms with Gasteiger partial charge in [-0.2, -0.15) is 0 Å². The van der Waals surface area contributed by atoms with Gasteiger partial charge in [-0.3, -0.25) is 9.59 Å². The third-order valence-electron chi connectivity index (χ3n) is 5.29. The number of nitrogens with two attached hydrogens (primary N) is 1. The predicted octanol–water partition coefficient (Wildman–Crippen LogP) is 1.71. The number of nitrogens with one attached hydrogen (secondary N) is 2. The standard InChI is InChI=1S/C20H25N3O2S/c1-14(19(25)22-20-17(18(21)24)9-12-26-20)23-10-7-16(8-11-23)13-15-5-3-2-4-6-15/h2-6,9,12,14,16H,7-8,10-11,13H2,1H3,(H2,21,24)(H,22,25)/p+1/t14-/m0/s1. The Morgan fingerprint density at radius 3 is 2.58 bits per heavy atom. The van der Waals surface area contributed by atoms with Crippen molar-refractivity contribution in [1.82, 2.24) is 0 Å². The Hall–Kier alpha value is -2.18. The van der Waals surface area contributed by atoms with Gasteiger partial charge in [0.05, 0.1) is 18.7 Å². The SMILES string of the molecule is C[C@@H](C(=O)Nc1sccc1C(N)=O)[NH+]1CCC(Cc2ccccc2)CC1. The summed E-state index contributed by atoms with van der Waals surface area (Å²) in [6.45, 7) is 3.96. The van der Waals surface area contributed by atoms with Gasteiger partial charge in [0.1, 0.15) is 5.00 Å². The molecule has 6 heteroatoms. The van der Waals surface area contributed by atoms with E-state index in [1.54, 1.807) is 11.4 Å². The van der Waals surface area contributed by atoms with E-state index in [0.717, 1.165) is 32.4 Å². The Labute approximate surface area is 158 Å². The van der Waals surface area contributed by atoms with Crippen LogP contribution in [0.5, 0.6) is 0 Å². The number of primary amides is 1. The highest BCUT2D eigenvalue weighted by molar-refractivity contribution is 7.14. The number of hydrogen-bond donors (Lipinski definition) is 3. The van der Waals surface area contributed by atoms with E-state index in [1.807, 2.05) is 13.0 Å². The largest absolute Gasteiger partial charge is 0.366 e. The number of hydrogen-bond acceptors (Lipinski definition) is 3. The van der Waals surface area contributed by atoms with Crippen LogP contribution in [0, 0.1) is 5.92 Å². The summed E-state index contributed by atoms with van der Waals surface area (Å²) in [4.78, 5) is 25.3. The highest BCUT2D eigenvalue weighted by Gasteiger charge is 2.30. The Bertz CT molecular complexity index is 751.